The van der Waals surface area contributed by atoms with Crippen LogP contribution < -0.4 is 5.32 Å². The van der Waals surface area contributed by atoms with Crippen molar-refractivity contribution >= 4 is 17.8 Å². The Morgan fingerprint density at radius 2 is 2.33 bits per heavy atom. The van der Waals surface area contributed by atoms with Crippen LogP contribution in [0.5, 0.6) is 0 Å². The van der Waals surface area contributed by atoms with Crippen molar-refractivity contribution in [3.63, 3.8) is 0 Å². The van der Waals surface area contributed by atoms with Crippen molar-refractivity contribution in [2.24, 2.45) is 0 Å². The zero-order valence-corrected chi connectivity index (χ0v) is 6.62. The average Bonchev–Trinajstić information content (AvgIpc) is 2.30. The van der Waals surface area contributed by atoms with E-state index in [1.54, 1.807) is 6.92 Å². The van der Waals surface area contributed by atoms with Crippen LogP contribution in [0.4, 0.5) is 0 Å². The largest absolute Gasteiger partial charge is 0.452 e. The highest BCUT2D eigenvalue weighted by molar-refractivity contribution is 6.05. The quantitative estimate of drug-likeness (QED) is 0.343. The third-order valence-electron chi connectivity index (χ3n) is 1.49. The van der Waals surface area contributed by atoms with Gasteiger partial charge in [-0.1, -0.05) is 6.92 Å². The van der Waals surface area contributed by atoms with Crippen molar-refractivity contribution in [2.75, 3.05) is 0 Å². The average molecular weight is 174 g/mol. The van der Waals surface area contributed by atoms with Crippen LogP contribution in [0.2, 0.25) is 0 Å². The fraction of sp³-hybridized carbons (Fsp3) is 0.571. The van der Waals surface area contributed by atoms with Gasteiger partial charge in [-0.25, -0.2) is 0 Å². The summed E-state index contributed by atoms with van der Waals surface area (Å²) in [5, 5.41) is 2.04. The molecule has 5 nitrogen and oxygen atoms in total. The molecule has 2 amide bonds. The van der Waals surface area contributed by atoms with Gasteiger partial charge in [0.25, 0.3) is 5.91 Å². The highest BCUT2D eigenvalue weighted by Gasteiger charge is 2.33. The number of amides is 2. The number of carbonyl (C=O) groups is 3. The Hall–Kier alpha value is -1.39. The van der Waals surface area contributed by atoms with Crippen LogP contribution in [0.15, 0.2) is 0 Å². The van der Waals surface area contributed by atoms with Gasteiger partial charge >= 0.3 is 5.97 Å². The first kappa shape index (κ1) is 8.70. The van der Waals surface area contributed by atoms with Gasteiger partial charge in [-0.2, -0.15) is 0 Å². The second-order valence-corrected chi connectivity index (χ2v) is 2.45. The molecule has 0 saturated carbocycles. The summed E-state index contributed by atoms with van der Waals surface area (Å²) in [6.45, 7) is 1.62. The molecule has 1 aliphatic rings. The Morgan fingerprint density at radius 3 is 2.75 bits per heavy atom. The molecule has 1 fully saturated rings. The van der Waals surface area contributed by atoms with E-state index >= 15 is 0 Å². The Morgan fingerprint density at radius 1 is 1.67 bits per heavy atom. The molecule has 0 aromatic carbocycles. The topological polar surface area (TPSA) is 72.5 Å². The van der Waals surface area contributed by atoms with Crippen molar-refractivity contribution in [3.05, 3.63) is 0 Å². The zero-order chi connectivity index (χ0) is 9.14. The van der Waals surface area contributed by atoms with E-state index in [0.717, 1.165) is 0 Å². The highest BCUT2D eigenvalue weighted by atomic mass is 16.6. The Labute approximate surface area is 69.1 Å². The summed E-state index contributed by atoms with van der Waals surface area (Å²) in [5.74, 6) is -1.39. The van der Waals surface area contributed by atoms with Crippen LogP contribution in [0, 0.1) is 0 Å². The van der Waals surface area contributed by atoms with Gasteiger partial charge in [0, 0.05) is 6.42 Å². The molecule has 5 heteroatoms. The molecule has 0 spiro atoms. The van der Waals surface area contributed by atoms with Gasteiger partial charge in [-0.3, -0.25) is 19.7 Å². The van der Waals surface area contributed by atoms with E-state index in [-0.39, 0.29) is 12.8 Å². The summed E-state index contributed by atoms with van der Waals surface area (Å²) in [6, 6.07) is 0. The van der Waals surface area contributed by atoms with Crippen molar-refractivity contribution in [2.45, 2.75) is 25.9 Å². The first-order valence-corrected chi connectivity index (χ1v) is 3.66. The van der Waals surface area contributed by atoms with Gasteiger partial charge in [-0.05, 0) is 0 Å². The molecule has 0 bridgehead atoms. The van der Waals surface area contributed by atoms with Gasteiger partial charge in [0.1, 0.15) is 0 Å². The second-order valence-electron chi connectivity index (χ2n) is 2.45. The summed E-state index contributed by atoms with van der Waals surface area (Å²) in [7, 11) is 0. The van der Waals surface area contributed by atoms with Crippen LogP contribution in [-0.2, 0) is 19.1 Å². The lowest BCUT2D eigenvalue weighted by Gasteiger charge is -2.05. The second kappa shape index (κ2) is 3.34. The molecular weight excluding hydrogens is 165 g/mol. The first-order valence-electron chi connectivity index (χ1n) is 3.66. The number of nitrogens with one attached hydrogen (secondary N) is 1. The number of ether oxygens (including phenoxy) is 1. The number of hydrogen-bond acceptors (Lipinski definition) is 4. The first-order chi connectivity index (χ1) is 5.63. The highest BCUT2D eigenvalue weighted by Crippen LogP contribution is 2.06. The maximum Gasteiger partial charge on any atom is 0.306 e. The molecule has 1 rings (SSSR count). The Kier molecular flexibility index (Phi) is 2.42. The number of hydrogen-bond donors (Lipinski definition) is 1. The minimum Gasteiger partial charge on any atom is -0.452 e. The molecular formula is C7H9NO4. The maximum atomic E-state index is 10.8. The molecule has 12 heavy (non-hydrogen) atoms. The third kappa shape index (κ3) is 1.81. The SMILES string of the molecule is [13CH3][13CH2][13C](=O)OC1CC(=O)NC1=O. The molecule has 0 aromatic heterocycles. The van der Waals surface area contributed by atoms with E-state index < -0.39 is 23.9 Å². The summed E-state index contributed by atoms with van der Waals surface area (Å²) < 4.78 is 4.67. The minimum atomic E-state index is -0.912. The van der Waals surface area contributed by atoms with Crippen molar-refractivity contribution in [1.82, 2.24) is 5.32 Å². The van der Waals surface area contributed by atoms with E-state index in [0.29, 0.717) is 0 Å². The standard InChI is InChI=1S/C7H9NO4/c1-2-6(10)12-4-3-5(9)8-7(4)11/h4H,2-3H2,1H3,(H,8,9,11)/i1+1,2+1,6+1. The van der Waals surface area contributed by atoms with Gasteiger partial charge < -0.3 is 4.74 Å². The fourth-order valence-corrected chi connectivity index (χ4v) is 0.867. The molecule has 1 saturated heterocycles. The molecule has 0 aliphatic carbocycles. The number of carbonyl (C=O) groups excluding carboxylic acids is 3. The van der Waals surface area contributed by atoms with Crippen LogP contribution >= 0.6 is 0 Å². The Balaban J connectivity index is 2.48. The van der Waals surface area contributed by atoms with E-state index in [1.165, 1.54) is 0 Å². The predicted molar refractivity (Wildman–Crippen MR) is 37.9 cm³/mol. The summed E-state index contributed by atoms with van der Waals surface area (Å²) in [5.41, 5.74) is 0. The molecule has 0 radical (unpaired) electrons. The summed E-state index contributed by atoms with van der Waals surface area (Å²) in [4.78, 5) is 32.1. The lowest BCUT2D eigenvalue weighted by atomic mass is 10.3. The van der Waals surface area contributed by atoms with E-state index in [9.17, 15) is 14.4 Å². The summed E-state index contributed by atoms with van der Waals surface area (Å²) in [6.07, 6.45) is -0.757. The predicted octanol–water partition coefficient (Wildman–Crippen LogP) is -0.645. The molecule has 0 aromatic rings. The normalized spacial score (nSPS) is 22.2. The van der Waals surface area contributed by atoms with E-state index in [2.05, 4.69) is 4.74 Å². The van der Waals surface area contributed by atoms with Crippen LogP contribution in [0.3, 0.4) is 0 Å². The number of imide groups is 1. The van der Waals surface area contributed by atoms with Gasteiger partial charge in [0.05, 0.1) is 6.42 Å². The molecule has 66 valence electrons. The summed E-state index contributed by atoms with van der Waals surface area (Å²) >= 11 is 0. The van der Waals surface area contributed by atoms with Crippen LogP contribution in [-0.4, -0.2) is 23.9 Å². The number of rotatable bonds is 2. The lowest BCUT2D eigenvalue weighted by molar-refractivity contribution is -0.153. The van der Waals surface area contributed by atoms with Crippen molar-refractivity contribution in [3.8, 4) is 0 Å². The lowest BCUT2D eigenvalue weighted by Crippen LogP contribution is -2.28. The monoisotopic (exact) mass is 174 g/mol. The third-order valence-corrected chi connectivity index (χ3v) is 1.49. The fourth-order valence-electron chi connectivity index (χ4n) is 0.867. The Bertz CT molecular complexity index is 236. The van der Waals surface area contributed by atoms with Crippen LogP contribution in [0.1, 0.15) is 19.8 Å². The number of esters is 1. The molecule has 1 N–H and O–H groups in total. The van der Waals surface area contributed by atoms with E-state index in [4.69, 9.17) is 0 Å². The van der Waals surface area contributed by atoms with Crippen LogP contribution in [0.25, 0.3) is 0 Å². The van der Waals surface area contributed by atoms with Gasteiger partial charge in [0.2, 0.25) is 5.91 Å². The van der Waals surface area contributed by atoms with Crippen molar-refractivity contribution in [1.29, 1.82) is 0 Å². The smallest absolute Gasteiger partial charge is 0.306 e. The maximum absolute atomic E-state index is 10.8. The van der Waals surface area contributed by atoms with E-state index in [1.807, 2.05) is 5.32 Å². The molecule has 1 unspecified atom stereocenters. The van der Waals surface area contributed by atoms with Crippen molar-refractivity contribution < 1.29 is 19.1 Å². The molecule has 1 aliphatic heterocycles. The van der Waals surface area contributed by atoms with Gasteiger partial charge in [0.15, 0.2) is 6.10 Å². The molecule has 1 heterocycles. The minimum absolute atomic E-state index is 0.0510. The zero-order valence-electron chi connectivity index (χ0n) is 6.62. The molecule has 1 atom stereocenters. The van der Waals surface area contributed by atoms with Gasteiger partial charge in [-0.15, -0.1) is 0 Å².